The van der Waals surface area contributed by atoms with Gasteiger partial charge in [-0.05, 0) is 26.0 Å². The number of nitrogen functional groups attached to an aromatic ring is 1. The largest absolute Gasteiger partial charge is 0.383 e. The number of carbonyl (C=O) groups is 1. The summed E-state index contributed by atoms with van der Waals surface area (Å²) in [6.45, 7) is 4.32. The maximum atomic E-state index is 12.4. The SMILES string of the molecule is CCn1nc(C)c(C(=O)c2ccccc2Cl)c1N. The molecular formula is C13H14ClN3O. The number of anilines is 1. The predicted octanol–water partition coefficient (Wildman–Crippen LogP) is 2.68. The summed E-state index contributed by atoms with van der Waals surface area (Å²) in [5.41, 5.74) is 7.45. The number of halogens is 1. The lowest BCUT2D eigenvalue weighted by Gasteiger charge is -2.04. The Morgan fingerprint density at radius 2 is 2.11 bits per heavy atom. The molecule has 1 heterocycles. The third-order valence-corrected chi connectivity index (χ3v) is 3.14. The molecule has 18 heavy (non-hydrogen) atoms. The Bertz CT molecular complexity index is 604. The van der Waals surface area contributed by atoms with Crippen molar-refractivity contribution in [1.29, 1.82) is 0 Å². The molecule has 0 aliphatic carbocycles. The molecule has 0 atom stereocenters. The molecule has 0 saturated carbocycles. The van der Waals surface area contributed by atoms with Gasteiger partial charge in [0.05, 0.1) is 16.3 Å². The van der Waals surface area contributed by atoms with Gasteiger partial charge in [0, 0.05) is 12.1 Å². The van der Waals surface area contributed by atoms with Crippen LogP contribution in [0.5, 0.6) is 0 Å². The summed E-state index contributed by atoms with van der Waals surface area (Å²) in [6.07, 6.45) is 0. The Hall–Kier alpha value is -1.81. The number of rotatable bonds is 3. The summed E-state index contributed by atoms with van der Waals surface area (Å²) in [5.74, 6) is 0.204. The molecule has 0 aliphatic heterocycles. The van der Waals surface area contributed by atoms with Crippen molar-refractivity contribution in [3.63, 3.8) is 0 Å². The molecule has 5 heteroatoms. The molecule has 2 rings (SSSR count). The van der Waals surface area contributed by atoms with Gasteiger partial charge in [0.2, 0.25) is 0 Å². The number of aryl methyl sites for hydroxylation is 2. The maximum absolute atomic E-state index is 12.4. The van der Waals surface area contributed by atoms with Crippen LogP contribution >= 0.6 is 11.6 Å². The smallest absolute Gasteiger partial charge is 0.200 e. The van der Waals surface area contributed by atoms with Crippen LogP contribution in [0.25, 0.3) is 0 Å². The average molecular weight is 264 g/mol. The molecule has 0 bridgehead atoms. The van der Waals surface area contributed by atoms with Crippen LogP contribution in [0.1, 0.15) is 28.5 Å². The van der Waals surface area contributed by atoms with Crippen molar-refractivity contribution in [3.8, 4) is 0 Å². The monoisotopic (exact) mass is 263 g/mol. The minimum atomic E-state index is -0.185. The number of nitrogens with two attached hydrogens (primary N) is 1. The minimum Gasteiger partial charge on any atom is -0.383 e. The van der Waals surface area contributed by atoms with E-state index in [2.05, 4.69) is 5.10 Å². The average Bonchev–Trinajstić information content (AvgIpc) is 2.64. The van der Waals surface area contributed by atoms with Crippen LogP contribution in [0.15, 0.2) is 24.3 Å². The highest BCUT2D eigenvalue weighted by atomic mass is 35.5. The van der Waals surface area contributed by atoms with E-state index in [0.717, 1.165) is 0 Å². The van der Waals surface area contributed by atoms with E-state index >= 15 is 0 Å². The number of ketones is 1. The lowest BCUT2D eigenvalue weighted by Crippen LogP contribution is -2.08. The van der Waals surface area contributed by atoms with Gasteiger partial charge in [-0.25, -0.2) is 4.68 Å². The predicted molar refractivity (Wildman–Crippen MR) is 71.9 cm³/mol. The Morgan fingerprint density at radius 1 is 1.44 bits per heavy atom. The third kappa shape index (κ3) is 1.99. The molecule has 1 aromatic carbocycles. The number of hydrogen-bond donors (Lipinski definition) is 1. The van der Waals surface area contributed by atoms with Crippen molar-refractivity contribution in [2.24, 2.45) is 0 Å². The van der Waals surface area contributed by atoms with Gasteiger partial charge < -0.3 is 5.73 Å². The van der Waals surface area contributed by atoms with E-state index in [-0.39, 0.29) is 5.78 Å². The van der Waals surface area contributed by atoms with Gasteiger partial charge in [0.15, 0.2) is 5.78 Å². The topological polar surface area (TPSA) is 60.9 Å². The first-order valence-electron chi connectivity index (χ1n) is 5.68. The van der Waals surface area contributed by atoms with E-state index in [4.69, 9.17) is 17.3 Å². The van der Waals surface area contributed by atoms with Gasteiger partial charge in [-0.15, -0.1) is 0 Å². The normalized spacial score (nSPS) is 10.6. The molecule has 2 aromatic rings. The van der Waals surface area contributed by atoms with Crippen LogP contribution in [-0.4, -0.2) is 15.6 Å². The number of nitrogens with zero attached hydrogens (tertiary/aromatic N) is 2. The van der Waals surface area contributed by atoms with E-state index in [0.29, 0.717) is 34.2 Å². The first-order valence-corrected chi connectivity index (χ1v) is 6.06. The number of carbonyl (C=O) groups excluding carboxylic acids is 1. The second-order valence-electron chi connectivity index (χ2n) is 3.97. The second-order valence-corrected chi connectivity index (χ2v) is 4.38. The van der Waals surface area contributed by atoms with E-state index in [1.807, 2.05) is 6.92 Å². The van der Waals surface area contributed by atoms with Crippen LogP contribution in [-0.2, 0) is 6.54 Å². The summed E-state index contributed by atoms with van der Waals surface area (Å²) in [5, 5.41) is 4.65. The molecule has 0 unspecified atom stereocenters. The quantitative estimate of drug-likeness (QED) is 0.866. The fourth-order valence-corrected chi connectivity index (χ4v) is 2.12. The zero-order chi connectivity index (χ0) is 13.3. The van der Waals surface area contributed by atoms with Crippen LogP contribution in [0.4, 0.5) is 5.82 Å². The lowest BCUT2D eigenvalue weighted by molar-refractivity contribution is 0.103. The van der Waals surface area contributed by atoms with Crippen LogP contribution in [0.2, 0.25) is 5.02 Å². The molecule has 0 radical (unpaired) electrons. The maximum Gasteiger partial charge on any atom is 0.200 e. The summed E-state index contributed by atoms with van der Waals surface area (Å²) < 4.78 is 1.61. The number of aromatic nitrogens is 2. The molecule has 0 aliphatic rings. The van der Waals surface area contributed by atoms with Gasteiger partial charge in [-0.1, -0.05) is 23.7 Å². The van der Waals surface area contributed by atoms with E-state index < -0.39 is 0 Å². The first kappa shape index (κ1) is 12.6. The van der Waals surface area contributed by atoms with Crippen LogP contribution < -0.4 is 5.73 Å². The Balaban J connectivity index is 2.53. The number of benzene rings is 1. The first-order chi connectivity index (χ1) is 8.56. The molecule has 2 N–H and O–H groups in total. The summed E-state index contributed by atoms with van der Waals surface area (Å²) in [7, 11) is 0. The highest BCUT2D eigenvalue weighted by Crippen LogP contribution is 2.24. The minimum absolute atomic E-state index is 0.185. The summed E-state index contributed by atoms with van der Waals surface area (Å²) in [4.78, 5) is 12.4. The van der Waals surface area contributed by atoms with Crippen molar-refractivity contribution < 1.29 is 4.79 Å². The van der Waals surface area contributed by atoms with Crippen molar-refractivity contribution in [3.05, 3.63) is 46.1 Å². The molecule has 4 nitrogen and oxygen atoms in total. The van der Waals surface area contributed by atoms with Crippen LogP contribution in [0.3, 0.4) is 0 Å². The fraction of sp³-hybridized carbons (Fsp3) is 0.231. The fourth-order valence-electron chi connectivity index (χ4n) is 1.90. The standard InChI is InChI=1S/C13H14ClN3O/c1-3-17-13(15)11(8(2)16-17)12(18)9-6-4-5-7-10(9)14/h4-7H,3,15H2,1-2H3. The van der Waals surface area contributed by atoms with Crippen molar-refractivity contribution in [1.82, 2.24) is 9.78 Å². The molecule has 0 amide bonds. The molecule has 0 fully saturated rings. The molecule has 1 aromatic heterocycles. The Kier molecular flexibility index (Phi) is 3.39. The Labute approximate surface area is 110 Å². The second kappa shape index (κ2) is 4.82. The highest BCUT2D eigenvalue weighted by Gasteiger charge is 2.21. The zero-order valence-electron chi connectivity index (χ0n) is 10.3. The van der Waals surface area contributed by atoms with E-state index in [9.17, 15) is 4.79 Å². The van der Waals surface area contributed by atoms with E-state index in [1.54, 1.807) is 35.9 Å². The van der Waals surface area contributed by atoms with Gasteiger partial charge in [0.25, 0.3) is 0 Å². The van der Waals surface area contributed by atoms with Gasteiger partial charge in [-0.2, -0.15) is 5.10 Å². The van der Waals surface area contributed by atoms with Gasteiger partial charge in [-0.3, -0.25) is 4.79 Å². The third-order valence-electron chi connectivity index (χ3n) is 2.81. The van der Waals surface area contributed by atoms with Crippen LogP contribution in [0, 0.1) is 6.92 Å². The van der Waals surface area contributed by atoms with Crippen molar-refractivity contribution >= 4 is 23.2 Å². The highest BCUT2D eigenvalue weighted by molar-refractivity contribution is 6.35. The zero-order valence-corrected chi connectivity index (χ0v) is 11.0. The van der Waals surface area contributed by atoms with Gasteiger partial charge >= 0.3 is 0 Å². The van der Waals surface area contributed by atoms with Crippen molar-refractivity contribution in [2.75, 3.05) is 5.73 Å². The molecule has 94 valence electrons. The molecular weight excluding hydrogens is 250 g/mol. The lowest BCUT2D eigenvalue weighted by atomic mass is 10.0. The summed E-state index contributed by atoms with van der Waals surface area (Å²) >= 11 is 6.03. The number of hydrogen-bond acceptors (Lipinski definition) is 3. The van der Waals surface area contributed by atoms with E-state index in [1.165, 1.54) is 0 Å². The Morgan fingerprint density at radius 3 is 2.67 bits per heavy atom. The van der Waals surface area contributed by atoms with Gasteiger partial charge in [0.1, 0.15) is 5.82 Å². The molecule has 0 saturated heterocycles. The summed E-state index contributed by atoms with van der Waals surface area (Å²) in [6, 6.07) is 6.93. The van der Waals surface area contributed by atoms with Crippen molar-refractivity contribution in [2.45, 2.75) is 20.4 Å². The molecule has 0 spiro atoms.